The normalized spacial score (nSPS) is 22.2. The van der Waals surface area contributed by atoms with Crippen LogP contribution >= 0.6 is 0 Å². The third-order valence-electron chi connectivity index (χ3n) is 4.91. The van der Waals surface area contributed by atoms with Crippen molar-refractivity contribution in [3.63, 3.8) is 0 Å². The van der Waals surface area contributed by atoms with Gasteiger partial charge in [-0.25, -0.2) is 13.2 Å². The van der Waals surface area contributed by atoms with Crippen molar-refractivity contribution in [2.45, 2.75) is 51.6 Å². The fourth-order valence-electron chi connectivity index (χ4n) is 3.41. The van der Waals surface area contributed by atoms with Gasteiger partial charge in [0.25, 0.3) is 0 Å². The molecule has 0 bridgehead atoms. The highest BCUT2D eigenvalue weighted by atomic mass is 32.2. The predicted octanol–water partition coefficient (Wildman–Crippen LogP) is -0.144. The topological polar surface area (TPSA) is 129 Å². The van der Waals surface area contributed by atoms with Gasteiger partial charge < -0.3 is 25.6 Å². The third-order valence-corrected chi connectivity index (χ3v) is 6.68. The first-order valence-corrected chi connectivity index (χ1v) is 12.1. The number of aliphatic imine (C=N–C) groups is 1. The van der Waals surface area contributed by atoms with E-state index in [1.165, 1.54) is 0 Å². The number of nitrogens with zero attached hydrogens (tertiary/aromatic N) is 2. The zero-order chi connectivity index (χ0) is 21.3. The highest BCUT2D eigenvalue weighted by Gasteiger charge is 2.28. The van der Waals surface area contributed by atoms with Crippen LogP contribution < -0.4 is 16.0 Å². The molecule has 0 aliphatic carbocycles. The molecule has 2 aliphatic rings. The molecule has 166 valence electrons. The average Bonchev–Trinajstić information content (AvgIpc) is 3.01. The molecule has 2 fully saturated rings. The Labute approximate surface area is 172 Å². The highest BCUT2D eigenvalue weighted by Crippen LogP contribution is 2.12. The summed E-state index contributed by atoms with van der Waals surface area (Å²) in [5.41, 5.74) is 0. The number of sulfone groups is 1. The number of carbonyl (C=O) groups excluding carboxylic acids is 2. The Kier molecular flexibility index (Phi) is 8.99. The third kappa shape index (κ3) is 8.08. The lowest BCUT2D eigenvalue weighted by Crippen LogP contribution is -2.50. The SMILES string of the molecule is CCNC(=NCCC(=O)NC1CCS(=O)(=O)C1)NC1CCN(C(=O)OCC)CC1. The Morgan fingerprint density at radius 1 is 1.10 bits per heavy atom. The molecular formula is C18H33N5O5S. The van der Waals surface area contributed by atoms with Crippen molar-refractivity contribution in [1.82, 2.24) is 20.9 Å². The molecule has 0 aromatic heterocycles. The van der Waals surface area contributed by atoms with E-state index in [-0.39, 0.29) is 42.0 Å². The van der Waals surface area contributed by atoms with Crippen LogP contribution in [0.15, 0.2) is 4.99 Å². The van der Waals surface area contributed by atoms with Crippen molar-refractivity contribution in [3.05, 3.63) is 0 Å². The molecule has 2 amide bonds. The number of amides is 2. The second-order valence-corrected chi connectivity index (χ2v) is 9.51. The first kappa shape index (κ1) is 23.2. The molecule has 0 radical (unpaired) electrons. The fourth-order valence-corrected chi connectivity index (χ4v) is 5.09. The summed E-state index contributed by atoms with van der Waals surface area (Å²) in [5.74, 6) is 0.615. The van der Waals surface area contributed by atoms with E-state index in [2.05, 4.69) is 20.9 Å². The van der Waals surface area contributed by atoms with Crippen LogP contribution in [0, 0.1) is 0 Å². The van der Waals surface area contributed by atoms with Gasteiger partial charge in [-0.1, -0.05) is 0 Å². The zero-order valence-electron chi connectivity index (χ0n) is 17.3. The Morgan fingerprint density at radius 3 is 2.41 bits per heavy atom. The number of hydrogen-bond donors (Lipinski definition) is 3. The molecule has 2 saturated heterocycles. The number of ether oxygens (including phenoxy) is 1. The quantitative estimate of drug-likeness (QED) is 0.378. The van der Waals surface area contributed by atoms with E-state index in [9.17, 15) is 18.0 Å². The van der Waals surface area contributed by atoms with Crippen LogP contribution in [0.5, 0.6) is 0 Å². The summed E-state index contributed by atoms with van der Waals surface area (Å²) in [6.07, 6.45) is 1.99. The van der Waals surface area contributed by atoms with E-state index < -0.39 is 9.84 Å². The number of piperidine rings is 1. The Hall–Kier alpha value is -2.04. The zero-order valence-corrected chi connectivity index (χ0v) is 18.1. The van der Waals surface area contributed by atoms with Gasteiger partial charge in [0.1, 0.15) is 0 Å². The van der Waals surface area contributed by atoms with Crippen molar-refractivity contribution in [2.24, 2.45) is 4.99 Å². The maximum atomic E-state index is 12.0. The van der Waals surface area contributed by atoms with Gasteiger partial charge >= 0.3 is 6.09 Å². The van der Waals surface area contributed by atoms with Gasteiger partial charge in [0.15, 0.2) is 15.8 Å². The summed E-state index contributed by atoms with van der Waals surface area (Å²) < 4.78 is 27.9. The molecule has 3 N–H and O–H groups in total. The highest BCUT2D eigenvalue weighted by molar-refractivity contribution is 7.91. The van der Waals surface area contributed by atoms with E-state index in [1.807, 2.05) is 6.92 Å². The number of likely N-dealkylation sites (tertiary alicyclic amines) is 1. The lowest BCUT2D eigenvalue weighted by Gasteiger charge is -2.32. The minimum Gasteiger partial charge on any atom is -0.450 e. The fraction of sp³-hybridized carbons (Fsp3) is 0.833. The summed E-state index contributed by atoms with van der Waals surface area (Å²) in [6.45, 7) is 6.39. The van der Waals surface area contributed by atoms with Gasteiger partial charge in [0, 0.05) is 38.1 Å². The second kappa shape index (κ2) is 11.2. The van der Waals surface area contributed by atoms with Gasteiger partial charge in [-0.15, -0.1) is 0 Å². The lowest BCUT2D eigenvalue weighted by molar-refractivity contribution is -0.121. The first-order valence-electron chi connectivity index (χ1n) is 10.3. The van der Waals surface area contributed by atoms with Crippen LogP contribution in [0.2, 0.25) is 0 Å². The molecule has 0 aromatic rings. The van der Waals surface area contributed by atoms with Gasteiger partial charge in [-0.2, -0.15) is 0 Å². The molecule has 0 aromatic carbocycles. The van der Waals surface area contributed by atoms with Crippen molar-refractivity contribution < 1.29 is 22.7 Å². The standard InChI is InChI=1S/C18H33N5O5S/c1-3-19-17(22-14-6-10-23(11-7-14)18(25)28-4-2)20-9-5-16(24)21-15-8-12-29(26,27)13-15/h14-15H,3-13H2,1-2H3,(H,21,24)(H2,19,20,22). The number of hydrogen-bond acceptors (Lipinski definition) is 6. The summed E-state index contributed by atoms with van der Waals surface area (Å²) in [7, 11) is -3.01. The largest absolute Gasteiger partial charge is 0.450 e. The molecule has 10 nitrogen and oxygen atoms in total. The van der Waals surface area contributed by atoms with Crippen LogP contribution in [0.25, 0.3) is 0 Å². The average molecular weight is 432 g/mol. The molecule has 0 saturated carbocycles. The van der Waals surface area contributed by atoms with E-state index in [4.69, 9.17) is 4.74 Å². The van der Waals surface area contributed by atoms with E-state index >= 15 is 0 Å². The predicted molar refractivity (Wildman–Crippen MR) is 111 cm³/mol. The molecule has 0 spiro atoms. The van der Waals surface area contributed by atoms with Gasteiger partial charge in [-0.3, -0.25) is 9.79 Å². The molecule has 2 heterocycles. The first-order chi connectivity index (χ1) is 13.8. The minimum atomic E-state index is -3.01. The molecule has 29 heavy (non-hydrogen) atoms. The Bertz CT molecular complexity index is 689. The molecule has 1 unspecified atom stereocenters. The van der Waals surface area contributed by atoms with Crippen LogP contribution in [0.1, 0.15) is 39.5 Å². The maximum Gasteiger partial charge on any atom is 0.409 e. The molecule has 2 aliphatic heterocycles. The smallest absolute Gasteiger partial charge is 0.409 e. The number of nitrogens with one attached hydrogen (secondary N) is 3. The Balaban J connectivity index is 1.74. The second-order valence-electron chi connectivity index (χ2n) is 7.28. The van der Waals surface area contributed by atoms with Gasteiger partial charge in [-0.05, 0) is 33.1 Å². The molecule has 11 heteroatoms. The van der Waals surface area contributed by atoms with Crippen molar-refractivity contribution in [2.75, 3.05) is 44.3 Å². The summed E-state index contributed by atoms with van der Waals surface area (Å²) in [6, 6.07) is -0.0941. The monoisotopic (exact) mass is 431 g/mol. The van der Waals surface area contributed by atoms with Crippen LogP contribution in [0.4, 0.5) is 4.79 Å². The van der Waals surface area contributed by atoms with Crippen molar-refractivity contribution >= 4 is 27.8 Å². The van der Waals surface area contributed by atoms with Gasteiger partial charge in [0.05, 0.1) is 24.7 Å². The number of guanidine groups is 1. The van der Waals surface area contributed by atoms with Crippen LogP contribution in [-0.4, -0.2) is 87.7 Å². The minimum absolute atomic E-state index is 0.0245. The summed E-state index contributed by atoms with van der Waals surface area (Å²) >= 11 is 0. The van der Waals surface area contributed by atoms with Crippen LogP contribution in [0.3, 0.4) is 0 Å². The van der Waals surface area contributed by atoms with Crippen molar-refractivity contribution in [1.29, 1.82) is 0 Å². The van der Waals surface area contributed by atoms with E-state index in [1.54, 1.807) is 11.8 Å². The van der Waals surface area contributed by atoms with E-state index in [0.717, 1.165) is 12.8 Å². The molecule has 2 rings (SSSR count). The molecular weight excluding hydrogens is 398 g/mol. The van der Waals surface area contributed by atoms with E-state index in [0.29, 0.717) is 45.2 Å². The number of carbonyl (C=O) groups is 2. The maximum absolute atomic E-state index is 12.0. The Morgan fingerprint density at radius 2 is 1.83 bits per heavy atom. The summed E-state index contributed by atoms with van der Waals surface area (Å²) in [5, 5.41) is 9.29. The summed E-state index contributed by atoms with van der Waals surface area (Å²) in [4.78, 5) is 29.9. The lowest BCUT2D eigenvalue weighted by atomic mass is 10.1. The van der Waals surface area contributed by atoms with Crippen molar-refractivity contribution in [3.8, 4) is 0 Å². The van der Waals surface area contributed by atoms with Crippen LogP contribution in [-0.2, 0) is 19.4 Å². The molecule has 1 atom stereocenters. The number of rotatable bonds is 7. The van der Waals surface area contributed by atoms with Gasteiger partial charge in [0.2, 0.25) is 5.91 Å².